The predicted octanol–water partition coefficient (Wildman–Crippen LogP) is 4.43. The van der Waals surface area contributed by atoms with Gasteiger partial charge < -0.3 is 10.2 Å². The summed E-state index contributed by atoms with van der Waals surface area (Å²) >= 11 is 7.52. The van der Waals surface area contributed by atoms with Crippen LogP contribution in [0, 0.1) is 5.92 Å². The molecule has 1 saturated heterocycles. The Morgan fingerprint density at radius 1 is 1.31 bits per heavy atom. The van der Waals surface area contributed by atoms with Crippen LogP contribution in [-0.2, 0) is 9.59 Å². The Morgan fingerprint density at radius 3 is 2.81 bits per heavy atom. The Kier molecular flexibility index (Phi) is 8.00. The Morgan fingerprint density at radius 2 is 2.12 bits per heavy atom. The summed E-state index contributed by atoms with van der Waals surface area (Å²) in [6, 6.07) is 7.04. The number of rotatable bonds is 7. The summed E-state index contributed by atoms with van der Waals surface area (Å²) in [4.78, 5) is 32.4. The summed E-state index contributed by atoms with van der Waals surface area (Å²) in [7, 11) is 2.66. The first-order valence-corrected chi connectivity index (χ1v) is 12.8. The van der Waals surface area contributed by atoms with Crippen molar-refractivity contribution in [3.8, 4) is 0 Å². The van der Waals surface area contributed by atoms with E-state index in [9.17, 15) is 9.59 Å². The molecule has 172 valence electrons. The highest BCUT2D eigenvalue weighted by atomic mass is 35.5. The second-order valence-electron chi connectivity index (χ2n) is 8.38. The molecule has 1 saturated carbocycles. The molecule has 2 aliphatic rings. The summed E-state index contributed by atoms with van der Waals surface area (Å²) in [5, 5.41) is 7.94. The van der Waals surface area contributed by atoms with E-state index in [1.807, 2.05) is 39.4 Å². The third kappa shape index (κ3) is 5.79. The first kappa shape index (κ1) is 23.4. The van der Waals surface area contributed by atoms with Crippen molar-refractivity contribution >= 4 is 55.0 Å². The number of carbonyl (C=O) groups excluding carboxylic acids is 2. The number of anilines is 2. The van der Waals surface area contributed by atoms with Gasteiger partial charge in [0.2, 0.25) is 11.8 Å². The number of piperazine rings is 1. The topological polar surface area (TPSA) is 68.8 Å². The largest absolute Gasteiger partial charge is 0.328 e. The molecule has 1 aromatic heterocycles. The van der Waals surface area contributed by atoms with Crippen molar-refractivity contribution in [1.29, 1.82) is 0 Å². The van der Waals surface area contributed by atoms with Gasteiger partial charge in [-0.15, -0.1) is 11.3 Å². The number of benzene rings is 1. The van der Waals surface area contributed by atoms with Crippen LogP contribution in [0.4, 0.5) is 10.8 Å². The quantitative estimate of drug-likeness (QED) is 0.578. The number of hydrogen-bond donors (Lipinski definition) is 1. The third-order valence-corrected chi connectivity index (χ3v) is 7.79. The fourth-order valence-corrected chi connectivity index (χ4v) is 5.63. The average Bonchev–Trinajstić information content (AvgIpc) is 3.31. The van der Waals surface area contributed by atoms with Crippen molar-refractivity contribution in [2.24, 2.45) is 5.92 Å². The first-order valence-electron chi connectivity index (χ1n) is 11.1. The molecule has 0 bridgehead atoms. The number of nitrogens with one attached hydrogen (secondary N) is 1. The molecule has 1 aromatic carbocycles. The number of hydrogen-bond acceptors (Lipinski definition) is 6. The van der Waals surface area contributed by atoms with Crippen LogP contribution in [0.3, 0.4) is 0 Å². The summed E-state index contributed by atoms with van der Waals surface area (Å²) < 4.78 is 1.88. The van der Waals surface area contributed by atoms with Crippen LogP contribution < -0.4 is 10.1 Å². The van der Waals surface area contributed by atoms with Crippen molar-refractivity contribution in [1.82, 2.24) is 14.9 Å². The van der Waals surface area contributed by atoms with E-state index in [0.717, 1.165) is 18.5 Å². The standard InChI is InChI=1S/C22H29ClN5O2PS/c23-17-7-4-8-18(14-17)28(31)26-10-11-27(20(29)15-26)19(13-16-5-2-1-3-6-16)21(30)25-22-24-9-12-32-22/h4,7-9,12,14,16,19H,1-3,5-6,10-11,13,15,31H2,(H,24,25,30). The fourth-order valence-electron chi connectivity index (χ4n) is 4.56. The van der Waals surface area contributed by atoms with Gasteiger partial charge in [0.25, 0.3) is 0 Å². The Labute approximate surface area is 200 Å². The number of nitrogens with zero attached hydrogens (tertiary/aromatic N) is 4. The molecule has 2 unspecified atom stereocenters. The lowest BCUT2D eigenvalue weighted by Crippen LogP contribution is -2.59. The molecule has 0 radical (unpaired) electrons. The number of halogens is 1. The highest BCUT2D eigenvalue weighted by Gasteiger charge is 2.36. The monoisotopic (exact) mass is 493 g/mol. The molecule has 2 aromatic rings. The SMILES string of the molecule is O=C(Nc1nccs1)C(CC1CCCCC1)N1CCN(N(P)c2cccc(Cl)c2)CC1=O. The zero-order chi connectivity index (χ0) is 22.5. The molecule has 1 aliphatic heterocycles. The maximum absolute atomic E-state index is 13.2. The Hall–Kier alpha value is -1.73. The van der Waals surface area contributed by atoms with Crippen LogP contribution >= 0.6 is 32.3 Å². The summed E-state index contributed by atoms with van der Waals surface area (Å²) in [6.07, 6.45) is 8.31. The van der Waals surface area contributed by atoms with Crippen LogP contribution in [0.25, 0.3) is 0 Å². The van der Waals surface area contributed by atoms with Gasteiger partial charge in [-0.3, -0.25) is 14.4 Å². The second-order valence-corrected chi connectivity index (χ2v) is 10.2. The molecule has 7 nitrogen and oxygen atoms in total. The van der Waals surface area contributed by atoms with Gasteiger partial charge in [0, 0.05) is 29.7 Å². The average molecular weight is 494 g/mol. The number of hydrazine groups is 1. The number of amides is 2. The fraction of sp³-hybridized carbons (Fsp3) is 0.500. The lowest BCUT2D eigenvalue weighted by molar-refractivity contribution is -0.143. The van der Waals surface area contributed by atoms with Crippen molar-refractivity contribution < 1.29 is 9.59 Å². The lowest BCUT2D eigenvalue weighted by Gasteiger charge is -2.42. The predicted molar refractivity (Wildman–Crippen MR) is 133 cm³/mol. The molecule has 2 heterocycles. The van der Waals surface area contributed by atoms with E-state index in [-0.39, 0.29) is 18.4 Å². The molecule has 2 atom stereocenters. The molecular formula is C22H29ClN5O2PS. The summed E-state index contributed by atoms with van der Waals surface area (Å²) in [5.74, 6) is 0.303. The minimum absolute atomic E-state index is 0.0409. The molecule has 2 fully saturated rings. The summed E-state index contributed by atoms with van der Waals surface area (Å²) in [5.41, 5.74) is 0.893. The van der Waals surface area contributed by atoms with Crippen molar-refractivity contribution in [3.63, 3.8) is 0 Å². The van der Waals surface area contributed by atoms with Crippen molar-refractivity contribution in [2.45, 2.75) is 44.6 Å². The van der Waals surface area contributed by atoms with Gasteiger partial charge in [-0.25, -0.2) is 9.99 Å². The van der Waals surface area contributed by atoms with Crippen LogP contribution in [0.5, 0.6) is 0 Å². The third-order valence-electron chi connectivity index (χ3n) is 6.24. The zero-order valence-corrected chi connectivity index (χ0v) is 20.7. The molecule has 10 heteroatoms. The van der Waals surface area contributed by atoms with Crippen LogP contribution in [0.1, 0.15) is 38.5 Å². The Balaban J connectivity index is 1.45. The highest BCUT2D eigenvalue weighted by Crippen LogP contribution is 2.31. The van der Waals surface area contributed by atoms with E-state index in [2.05, 4.69) is 19.7 Å². The molecule has 0 spiro atoms. The molecule has 1 aliphatic carbocycles. The lowest BCUT2D eigenvalue weighted by atomic mass is 9.84. The summed E-state index contributed by atoms with van der Waals surface area (Å²) in [6.45, 7) is 1.34. The minimum atomic E-state index is -0.472. The Bertz CT molecular complexity index is 925. The number of thiazole rings is 1. The molecule has 1 N–H and O–H groups in total. The second kappa shape index (κ2) is 10.9. The molecule has 2 amide bonds. The first-order chi connectivity index (χ1) is 15.5. The number of aromatic nitrogens is 1. The molecule has 4 rings (SSSR count). The van der Waals surface area contributed by atoms with Crippen molar-refractivity contribution in [2.75, 3.05) is 29.7 Å². The van der Waals surface area contributed by atoms with Crippen LogP contribution in [0.15, 0.2) is 35.8 Å². The van der Waals surface area contributed by atoms with E-state index in [0.29, 0.717) is 35.6 Å². The smallest absolute Gasteiger partial charge is 0.248 e. The zero-order valence-electron chi connectivity index (χ0n) is 18.0. The van der Waals surface area contributed by atoms with Crippen LogP contribution in [-0.4, -0.2) is 52.4 Å². The van der Waals surface area contributed by atoms with Gasteiger partial charge >= 0.3 is 0 Å². The van der Waals surface area contributed by atoms with Gasteiger partial charge in [-0.05, 0) is 39.9 Å². The van der Waals surface area contributed by atoms with E-state index >= 15 is 0 Å². The van der Waals surface area contributed by atoms with Crippen LogP contribution in [0.2, 0.25) is 5.02 Å². The van der Waals surface area contributed by atoms with Gasteiger partial charge in [0.1, 0.15) is 6.04 Å². The van der Waals surface area contributed by atoms with Crippen molar-refractivity contribution in [3.05, 3.63) is 40.9 Å². The minimum Gasteiger partial charge on any atom is -0.328 e. The van der Waals surface area contributed by atoms with E-state index in [1.165, 1.54) is 30.6 Å². The highest BCUT2D eigenvalue weighted by molar-refractivity contribution is 7.18. The molecule has 32 heavy (non-hydrogen) atoms. The molecular weight excluding hydrogens is 465 g/mol. The maximum Gasteiger partial charge on any atom is 0.248 e. The maximum atomic E-state index is 13.2. The number of carbonyl (C=O) groups is 2. The van der Waals surface area contributed by atoms with E-state index in [4.69, 9.17) is 11.6 Å². The van der Waals surface area contributed by atoms with Gasteiger partial charge in [0.15, 0.2) is 5.13 Å². The van der Waals surface area contributed by atoms with E-state index < -0.39 is 6.04 Å². The van der Waals surface area contributed by atoms with Gasteiger partial charge in [-0.2, -0.15) is 0 Å². The van der Waals surface area contributed by atoms with Gasteiger partial charge in [-0.1, -0.05) is 49.8 Å². The normalized spacial score (nSPS) is 19.1. The van der Waals surface area contributed by atoms with Gasteiger partial charge in [0.05, 0.1) is 12.2 Å². The van der Waals surface area contributed by atoms with E-state index in [1.54, 1.807) is 11.1 Å².